The van der Waals surface area contributed by atoms with E-state index in [4.69, 9.17) is 0 Å². The van der Waals surface area contributed by atoms with Crippen molar-refractivity contribution >= 4 is 5.91 Å². The van der Waals surface area contributed by atoms with Gasteiger partial charge in [-0.1, -0.05) is 13.0 Å². The molecule has 1 fully saturated rings. The van der Waals surface area contributed by atoms with Crippen molar-refractivity contribution in [3.63, 3.8) is 0 Å². The van der Waals surface area contributed by atoms with Gasteiger partial charge in [0.15, 0.2) is 0 Å². The Morgan fingerprint density at radius 2 is 2.40 bits per heavy atom. The monoisotopic (exact) mass is 210 g/mol. The summed E-state index contributed by atoms with van der Waals surface area (Å²) < 4.78 is 0. The second-order valence-electron chi connectivity index (χ2n) is 4.21. The molecular weight excluding hydrogens is 188 g/mol. The maximum Gasteiger partial charge on any atom is 0.227 e. The van der Waals surface area contributed by atoms with Gasteiger partial charge < -0.3 is 10.2 Å². The fourth-order valence-corrected chi connectivity index (χ4v) is 2.15. The Hall–Kier alpha value is -0.830. The van der Waals surface area contributed by atoms with Crippen molar-refractivity contribution in [1.29, 1.82) is 0 Å². The molecule has 1 aliphatic rings. The zero-order valence-electron chi connectivity index (χ0n) is 9.83. The molecule has 1 amide bonds. The molecule has 0 spiro atoms. The second kappa shape index (κ2) is 5.91. The molecule has 86 valence electrons. The molecule has 0 aromatic carbocycles. The fraction of sp³-hybridized carbons (Fsp3) is 0.750. The first-order valence-corrected chi connectivity index (χ1v) is 5.83. The highest BCUT2D eigenvalue weighted by Gasteiger charge is 2.31. The lowest BCUT2D eigenvalue weighted by Crippen LogP contribution is -2.40. The van der Waals surface area contributed by atoms with Crippen molar-refractivity contribution in [1.82, 2.24) is 10.2 Å². The highest BCUT2D eigenvalue weighted by atomic mass is 16.2. The van der Waals surface area contributed by atoms with Crippen LogP contribution in [0.5, 0.6) is 0 Å². The zero-order valence-corrected chi connectivity index (χ0v) is 9.83. The fourth-order valence-electron chi connectivity index (χ4n) is 2.15. The van der Waals surface area contributed by atoms with Crippen LogP contribution in [0.25, 0.3) is 0 Å². The second-order valence-corrected chi connectivity index (χ2v) is 4.21. The molecule has 0 aromatic heterocycles. The Kier molecular flexibility index (Phi) is 4.82. The minimum absolute atomic E-state index is 0.163. The van der Waals surface area contributed by atoms with Crippen LogP contribution in [0.15, 0.2) is 12.7 Å². The molecule has 1 aliphatic heterocycles. The first kappa shape index (κ1) is 12.2. The van der Waals surface area contributed by atoms with Crippen molar-refractivity contribution < 1.29 is 4.79 Å². The molecule has 3 heteroatoms. The number of hydrogen-bond acceptors (Lipinski definition) is 2. The molecule has 0 aromatic rings. The van der Waals surface area contributed by atoms with Crippen molar-refractivity contribution in [3.05, 3.63) is 12.7 Å². The van der Waals surface area contributed by atoms with Crippen LogP contribution in [0.3, 0.4) is 0 Å². The van der Waals surface area contributed by atoms with Crippen LogP contribution in [-0.2, 0) is 4.79 Å². The van der Waals surface area contributed by atoms with Gasteiger partial charge in [0, 0.05) is 19.1 Å². The molecule has 0 aliphatic carbocycles. The summed E-state index contributed by atoms with van der Waals surface area (Å²) in [5, 5.41) is 3.32. The van der Waals surface area contributed by atoms with Crippen molar-refractivity contribution in [2.45, 2.75) is 32.7 Å². The number of amides is 1. The third-order valence-corrected chi connectivity index (χ3v) is 3.00. The lowest BCUT2D eigenvalue weighted by Gasteiger charge is -2.25. The lowest BCUT2D eigenvalue weighted by molar-refractivity contribution is -0.135. The van der Waals surface area contributed by atoms with Gasteiger partial charge in [-0.15, -0.1) is 6.58 Å². The van der Waals surface area contributed by atoms with Crippen LogP contribution in [0.2, 0.25) is 0 Å². The topological polar surface area (TPSA) is 32.3 Å². The largest absolute Gasteiger partial charge is 0.339 e. The maximum absolute atomic E-state index is 12.2. The Morgan fingerprint density at radius 1 is 1.67 bits per heavy atom. The van der Waals surface area contributed by atoms with E-state index in [2.05, 4.69) is 25.7 Å². The number of nitrogens with zero attached hydrogens (tertiary/aromatic N) is 1. The lowest BCUT2D eigenvalue weighted by atomic mass is 10.0. The summed E-state index contributed by atoms with van der Waals surface area (Å²) in [5.74, 6) is 0.450. The molecule has 3 nitrogen and oxygen atoms in total. The SMILES string of the molecule is C=CCN(CCC)C(=O)C1CCNC1C. The van der Waals surface area contributed by atoms with Crippen LogP contribution in [0.1, 0.15) is 26.7 Å². The van der Waals surface area contributed by atoms with Crippen LogP contribution in [-0.4, -0.2) is 36.5 Å². The van der Waals surface area contributed by atoms with E-state index in [0.29, 0.717) is 12.6 Å². The molecule has 15 heavy (non-hydrogen) atoms. The molecule has 0 bridgehead atoms. The predicted molar refractivity (Wildman–Crippen MR) is 62.6 cm³/mol. The van der Waals surface area contributed by atoms with E-state index in [1.165, 1.54) is 0 Å². The highest BCUT2D eigenvalue weighted by Crippen LogP contribution is 2.18. The highest BCUT2D eigenvalue weighted by molar-refractivity contribution is 5.80. The molecule has 2 atom stereocenters. The minimum atomic E-state index is 0.163. The molecule has 0 radical (unpaired) electrons. The molecule has 2 unspecified atom stereocenters. The van der Waals surface area contributed by atoms with Gasteiger partial charge in [-0.05, 0) is 26.3 Å². The van der Waals surface area contributed by atoms with Crippen molar-refractivity contribution in [2.24, 2.45) is 5.92 Å². The van der Waals surface area contributed by atoms with E-state index in [-0.39, 0.29) is 11.8 Å². The summed E-state index contributed by atoms with van der Waals surface area (Å²) in [7, 11) is 0. The van der Waals surface area contributed by atoms with Crippen LogP contribution in [0, 0.1) is 5.92 Å². The van der Waals surface area contributed by atoms with Crippen LogP contribution < -0.4 is 5.32 Å². The van der Waals surface area contributed by atoms with Crippen molar-refractivity contribution in [2.75, 3.05) is 19.6 Å². The first-order chi connectivity index (χ1) is 7.20. The van der Waals surface area contributed by atoms with Crippen LogP contribution in [0.4, 0.5) is 0 Å². The Bertz CT molecular complexity index is 228. The molecule has 1 heterocycles. The molecule has 1 rings (SSSR count). The molecule has 1 N–H and O–H groups in total. The summed E-state index contributed by atoms with van der Waals surface area (Å²) in [5.41, 5.74) is 0. The standard InChI is InChI=1S/C12H22N2O/c1-4-8-14(9-5-2)12(15)11-6-7-13-10(11)3/h4,10-11,13H,1,5-9H2,2-3H3. The van der Waals surface area contributed by atoms with E-state index >= 15 is 0 Å². The summed E-state index contributed by atoms with van der Waals surface area (Å²) in [4.78, 5) is 14.1. The maximum atomic E-state index is 12.2. The average molecular weight is 210 g/mol. The van der Waals surface area contributed by atoms with E-state index in [9.17, 15) is 4.79 Å². The Balaban J connectivity index is 2.57. The Morgan fingerprint density at radius 3 is 2.87 bits per heavy atom. The number of carbonyl (C=O) groups excluding carboxylic acids is 1. The summed E-state index contributed by atoms with van der Waals surface area (Å²) in [6.07, 6.45) is 3.78. The van der Waals surface area contributed by atoms with E-state index in [1.807, 2.05) is 4.90 Å². The van der Waals surface area contributed by atoms with Gasteiger partial charge in [-0.25, -0.2) is 0 Å². The van der Waals surface area contributed by atoms with Crippen LogP contribution >= 0.6 is 0 Å². The van der Waals surface area contributed by atoms with Gasteiger partial charge >= 0.3 is 0 Å². The Labute approximate surface area is 92.5 Å². The van der Waals surface area contributed by atoms with E-state index in [1.54, 1.807) is 6.08 Å². The summed E-state index contributed by atoms with van der Waals surface area (Å²) in [6, 6.07) is 0.321. The number of hydrogen-bond donors (Lipinski definition) is 1. The quantitative estimate of drug-likeness (QED) is 0.696. The third-order valence-electron chi connectivity index (χ3n) is 3.00. The summed E-state index contributed by atoms with van der Waals surface area (Å²) >= 11 is 0. The molecular formula is C12H22N2O. The van der Waals surface area contributed by atoms with Crippen molar-refractivity contribution in [3.8, 4) is 0 Å². The number of rotatable bonds is 5. The van der Waals surface area contributed by atoms with Gasteiger partial charge in [0.05, 0.1) is 5.92 Å². The normalized spacial score (nSPS) is 25.2. The smallest absolute Gasteiger partial charge is 0.227 e. The third kappa shape index (κ3) is 3.06. The number of carbonyl (C=O) groups is 1. The van der Waals surface area contributed by atoms with Gasteiger partial charge in [0.2, 0.25) is 5.91 Å². The predicted octanol–water partition coefficient (Wildman–Crippen LogP) is 1.41. The van der Waals surface area contributed by atoms with Gasteiger partial charge in [0.1, 0.15) is 0 Å². The number of nitrogens with one attached hydrogen (secondary N) is 1. The van der Waals surface area contributed by atoms with E-state index < -0.39 is 0 Å². The molecule has 0 saturated carbocycles. The van der Waals surface area contributed by atoms with Gasteiger partial charge in [-0.2, -0.15) is 0 Å². The molecule has 1 saturated heterocycles. The summed E-state index contributed by atoms with van der Waals surface area (Å²) in [6.45, 7) is 10.4. The average Bonchev–Trinajstić information content (AvgIpc) is 2.63. The van der Waals surface area contributed by atoms with Gasteiger partial charge in [-0.3, -0.25) is 4.79 Å². The van der Waals surface area contributed by atoms with Gasteiger partial charge in [0.25, 0.3) is 0 Å². The first-order valence-electron chi connectivity index (χ1n) is 5.83. The minimum Gasteiger partial charge on any atom is -0.339 e. The zero-order chi connectivity index (χ0) is 11.3. The van der Waals surface area contributed by atoms with E-state index in [0.717, 1.165) is 25.9 Å².